The van der Waals surface area contributed by atoms with Crippen LogP contribution in [0.2, 0.25) is 0 Å². The Morgan fingerprint density at radius 1 is 1.12 bits per heavy atom. The molecule has 1 rings (SSSR count). The minimum Gasteiger partial charge on any atom is -0.491 e. The largest absolute Gasteiger partial charge is 0.491 e. The molecular formula is C14H23NO. The van der Waals surface area contributed by atoms with Gasteiger partial charge in [-0.1, -0.05) is 20.3 Å². The number of nitrogens with one attached hydrogen (secondary N) is 1. The molecule has 16 heavy (non-hydrogen) atoms. The lowest BCUT2D eigenvalue weighted by Crippen LogP contribution is -2.10. The molecule has 90 valence electrons. The molecule has 0 saturated carbocycles. The van der Waals surface area contributed by atoms with Crippen LogP contribution in [0.3, 0.4) is 0 Å². The predicted octanol–water partition coefficient (Wildman–Crippen LogP) is 3.93. The maximum absolute atomic E-state index is 5.59. The molecule has 0 aromatic heterocycles. The number of ether oxygens (including phenoxy) is 1. The summed E-state index contributed by atoms with van der Waals surface area (Å²) in [5, 5.41) is 3.42. The second-order valence-corrected chi connectivity index (χ2v) is 4.59. The molecule has 1 aromatic carbocycles. The number of hydrogen-bond donors (Lipinski definition) is 1. The van der Waals surface area contributed by atoms with E-state index in [4.69, 9.17) is 4.74 Å². The molecule has 1 atom stereocenters. The summed E-state index contributed by atoms with van der Waals surface area (Å²) in [5.41, 5.74) is 1.16. The highest BCUT2D eigenvalue weighted by Gasteiger charge is 2.00. The van der Waals surface area contributed by atoms with E-state index in [2.05, 4.69) is 31.3 Å². The van der Waals surface area contributed by atoms with E-state index in [0.717, 1.165) is 18.0 Å². The van der Waals surface area contributed by atoms with Gasteiger partial charge in [-0.2, -0.15) is 0 Å². The third-order valence-corrected chi connectivity index (χ3v) is 2.58. The first-order chi connectivity index (χ1) is 7.61. The molecule has 0 bridgehead atoms. The van der Waals surface area contributed by atoms with Gasteiger partial charge in [-0.25, -0.2) is 0 Å². The molecule has 0 heterocycles. The van der Waals surface area contributed by atoms with E-state index in [0.29, 0.717) is 5.92 Å². The zero-order chi connectivity index (χ0) is 12.0. The molecule has 2 heteroatoms. The van der Waals surface area contributed by atoms with Crippen LogP contribution in [0, 0.1) is 5.92 Å². The summed E-state index contributed by atoms with van der Waals surface area (Å²) in [5.74, 6) is 1.65. The summed E-state index contributed by atoms with van der Waals surface area (Å²) >= 11 is 0. The van der Waals surface area contributed by atoms with Gasteiger partial charge in [0.25, 0.3) is 0 Å². The minimum atomic E-state index is 0.235. The van der Waals surface area contributed by atoms with E-state index in [9.17, 15) is 0 Å². The number of anilines is 1. The van der Waals surface area contributed by atoms with Crippen molar-refractivity contribution in [3.63, 3.8) is 0 Å². The highest BCUT2D eigenvalue weighted by atomic mass is 16.5. The summed E-state index contributed by atoms with van der Waals surface area (Å²) in [7, 11) is 0. The Morgan fingerprint density at radius 3 is 2.25 bits per heavy atom. The van der Waals surface area contributed by atoms with Crippen LogP contribution in [0.4, 0.5) is 5.69 Å². The summed E-state index contributed by atoms with van der Waals surface area (Å²) in [6.45, 7) is 9.57. The topological polar surface area (TPSA) is 21.3 Å². The van der Waals surface area contributed by atoms with E-state index >= 15 is 0 Å². The normalized spacial score (nSPS) is 12.6. The average Bonchev–Trinajstić information content (AvgIpc) is 2.27. The fourth-order valence-electron chi connectivity index (χ4n) is 1.36. The molecule has 1 unspecified atom stereocenters. The van der Waals surface area contributed by atoms with Gasteiger partial charge in [0, 0.05) is 12.2 Å². The zero-order valence-corrected chi connectivity index (χ0v) is 10.8. The quantitative estimate of drug-likeness (QED) is 0.785. The van der Waals surface area contributed by atoms with Crippen LogP contribution < -0.4 is 10.1 Å². The lowest BCUT2D eigenvalue weighted by molar-refractivity contribution is 0.242. The van der Waals surface area contributed by atoms with Crippen molar-refractivity contribution in [2.45, 2.75) is 40.2 Å². The van der Waals surface area contributed by atoms with Crippen molar-refractivity contribution in [1.82, 2.24) is 0 Å². The van der Waals surface area contributed by atoms with Gasteiger partial charge in [-0.15, -0.1) is 0 Å². The highest BCUT2D eigenvalue weighted by Crippen LogP contribution is 2.17. The third kappa shape index (κ3) is 4.56. The van der Waals surface area contributed by atoms with E-state index < -0.39 is 0 Å². The Hall–Kier alpha value is -1.18. The van der Waals surface area contributed by atoms with E-state index in [1.54, 1.807) is 0 Å². The predicted molar refractivity (Wildman–Crippen MR) is 70.2 cm³/mol. The van der Waals surface area contributed by atoms with Crippen molar-refractivity contribution in [2.75, 3.05) is 11.9 Å². The monoisotopic (exact) mass is 221 g/mol. The van der Waals surface area contributed by atoms with Crippen LogP contribution in [0.1, 0.15) is 34.1 Å². The van der Waals surface area contributed by atoms with Gasteiger partial charge in [0.15, 0.2) is 0 Å². The Bertz CT molecular complexity index is 292. The summed E-state index contributed by atoms with van der Waals surface area (Å²) in [6.07, 6.45) is 1.44. The van der Waals surface area contributed by atoms with Gasteiger partial charge in [0.05, 0.1) is 6.10 Å². The molecule has 0 aliphatic carbocycles. The van der Waals surface area contributed by atoms with E-state index in [1.807, 2.05) is 26.0 Å². The van der Waals surface area contributed by atoms with E-state index in [-0.39, 0.29) is 6.10 Å². The molecule has 0 fully saturated rings. The second kappa shape index (κ2) is 6.41. The summed E-state index contributed by atoms with van der Waals surface area (Å²) in [4.78, 5) is 0. The molecule has 1 aromatic rings. The highest BCUT2D eigenvalue weighted by molar-refractivity contribution is 5.46. The molecule has 0 amide bonds. The molecule has 0 aliphatic heterocycles. The van der Waals surface area contributed by atoms with Crippen molar-refractivity contribution in [3.05, 3.63) is 24.3 Å². The standard InChI is InChI=1S/C14H23NO/c1-5-12(4)10-15-13-6-8-14(9-7-13)16-11(2)3/h6-9,11-12,15H,5,10H2,1-4H3. The van der Waals surface area contributed by atoms with Crippen molar-refractivity contribution in [1.29, 1.82) is 0 Å². The lowest BCUT2D eigenvalue weighted by Gasteiger charge is -2.13. The molecular weight excluding hydrogens is 198 g/mol. The SMILES string of the molecule is CCC(C)CNc1ccc(OC(C)C)cc1. The van der Waals surface area contributed by atoms with Crippen LogP contribution in [0.25, 0.3) is 0 Å². The molecule has 0 aliphatic rings. The summed E-state index contributed by atoms with van der Waals surface area (Å²) in [6, 6.07) is 8.16. The minimum absolute atomic E-state index is 0.235. The van der Waals surface area contributed by atoms with Crippen LogP contribution in [0.15, 0.2) is 24.3 Å². The van der Waals surface area contributed by atoms with Gasteiger partial charge in [0.1, 0.15) is 5.75 Å². The molecule has 0 radical (unpaired) electrons. The van der Waals surface area contributed by atoms with Crippen LogP contribution in [-0.4, -0.2) is 12.6 Å². The van der Waals surface area contributed by atoms with Crippen molar-refractivity contribution >= 4 is 5.69 Å². The Morgan fingerprint density at radius 2 is 1.75 bits per heavy atom. The van der Waals surface area contributed by atoms with Gasteiger partial charge in [0.2, 0.25) is 0 Å². The molecule has 2 nitrogen and oxygen atoms in total. The van der Waals surface area contributed by atoms with Crippen LogP contribution >= 0.6 is 0 Å². The number of rotatable bonds is 6. The van der Waals surface area contributed by atoms with Gasteiger partial charge in [-0.05, 0) is 44.0 Å². The maximum Gasteiger partial charge on any atom is 0.119 e. The van der Waals surface area contributed by atoms with E-state index in [1.165, 1.54) is 6.42 Å². The molecule has 0 saturated heterocycles. The van der Waals surface area contributed by atoms with Gasteiger partial charge >= 0.3 is 0 Å². The second-order valence-electron chi connectivity index (χ2n) is 4.59. The first-order valence-electron chi connectivity index (χ1n) is 6.12. The number of hydrogen-bond acceptors (Lipinski definition) is 2. The van der Waals surface area contributed by atoms with Crippen molar-refractivity contribution < 1.29 is 4.74 Å². The first-order valence-corrected chi connectivity index (χ1v) is 6.12. The van der Waals surface area contributed by atoms with Crippen LogP contribution in [-0.2, 0) is 0 Å². The zero-order valence-electron chi connectivity index (χ0n) is 10.8. The molecule has 0 spiro atoms. The number of benzene rings is 1. The first kappa shape index (κ1) is 12.9. The third-order valence-electron chi connectivity index (χ3n) is 2.58. The Labute approximate surface area is 99.0 Å². The van der Waals surface area contributed by atoms with Crippen LogP contribution in [0.5, 0.6) is 5.75 Å². The fourth-order valence-corrected chi connectivity index (χ4v) is 1.36. The average molecular weight is 221 g/mol. The molecule has 1 N–H and O–H groups in total. The van der Waals surface area contributed by atoms with Crippen molar-refractivity contribution in [3.8, 4) is 5.75 Å². The Kier molecular flexibility index (Phi) is 5.17. The smallest absolute Gasteiger partial charge is 0.119 e. The summed E-state index contributed by atoms with van der Waals surface area (Å²) < 4.78 is 5.59. The van der Waals surface area contributed by atoms with Gasteiger partial charge in [-0.3, -0.25) is 0 Å². The van der Waals surface area contributed by atoms with Gasteiger partial charge < -0.3 is 10.1 Å². The lowest BCUT2D eigenvalue weighted by atomic mass is 10.1. The maximum atomic E-state index is 5.59. The Balaban J connectivity index is 2.45. The fraction of sp³-hybridized carbons (Fsp3) is 0.571. The van der Waals surface area contributed by atoms with Crippen molar-refractivity contribution in [2.24, 2.45) is 5.92 Å².